The summed E-state index contributed by atoms with van der Waals surface area (Å²) < 4.78 is 0. The Labute approximate surface area is 171 Å². The standard InChI is InChI=1S/C23H29N3O3/c27-21(16-26-22(28)19-6-2-3-7-20(19)23(26)29)24-14-17-8-10-18(11-9-17)15-25-12-4-1-5-13-25/h2-3,8-11,19-20H,1,4-7,12-16H2,(H,24,27)/t19-,20-/m0/s1. The zero-order chi connectivity index (χ0) is 20.2. The second kappa shape index (κ2) is 8.91. The van der Waals surface area contributed by atoms with E-state index in [0.717, 1.165) is 17.0 Å². The molecule has 0 unspecified atom stereocenters. The predicted molar refractivity (Wildman–Crippen MR) is 109 cm³/mol. The van der Waals surface area contributed by atoms with Crippen molar-refractivity contribution < 1.29 is 14.4 Å². The monoisotopic (exact) mass is 395 g/mol. The van der Waals surface area contributed by atoms with Crippen LogP contribution in [0.2, 0.25) is 0 Å². The number of nitrogens with zero attached hydrogens (tertiary/aromatic N) is 2. The average molecular weight is 396 g/mol. The number of hydrogen-bond acceptors (Lipinski definition) is 4. The molecule has 0 saturated carbocycles. The number of carbonyl (C=O) groups is 3. The fourth-order valence-corrected chi connectivity index (χ4v) is 4.56. The summed E-state index contributed by atoms with van der Waals surface area (Å²) in [6.07, 6.45) is 8.99. The second-order valence-corrected chi connectivity index (χ2v) is 8.35. The summed E-state index contributed by atoms with van der Waals surface area (Å²) in [5.41, 5.74) is 2.30. The number of hydrogen-bond donors (Lipinski definition) is 1. The Bertz CT molecular complexity index is 770. The molecular formula is C23H29N3O3. The molecular weight excluding hydrogens is 366 g/mol. The van der Waals surface area contributed by atoms with Gasteiger partial charge in [0.15, 0.2) is 0 Å². The Balaban J connectivity index is 1.25. The van der Waals surface area contributed by atoms with Gasteiger partial charge >= 0.3 is 0 Å². The minimum absolute atomic E-state index is 0.183. The minimum atomic E-state index is -0.296. The quantitative estimate of drug-likeness (QED) is 0.592. The van der Waals surface area contributed by atoms with E-state index < -0.39 is 0 Å². The lowest BCUT2D eigenvalue weighted by Gasteiger charge is -2.26. The highest BCUT2D eigenvalue weighted by molar-refractivity contribution is 6.07. The molecule has 1 aliphatic carbocycles. The molecule has 2 aliphatic heterocycles. The van der Waals surface area contributed by atoms with Gasteiger partial charge in [-0.05, 0) is 49.9 Å². The molecule has 4 rings (SSSR count). The lowest BCUT2D eigenvalue weighted by molar-refractivity contribution is -0.143. The van der Waals surface area contributed by atoms with E-state index in [2.05, 4.69) is 22.3 Å². The first-order chi connectivity index (χ1) is 14.1. The molecule has 0 radical (unpaired) electrons. The number of amides is 3. The molecule has 0 spiro atoms. The zero-order valence-electron chi connectivity index (χ0n) is 16.8. The van der Waals surface area contributed by atoms with Crippen molar-refractivity contribution in [3.8, 4) is 0 Å². The van der Waals surface area contributed by atoms with Crippen LogP contribution < -0.4 is 5.32 Å². The van der Waals surface area contributed by atoms with Crippen molar-refractivity contribution in [2.45, 2.75) is 45.2 Å². The largest absolute Gasteiger partial charge is 0.350 e. The lowest BCUT2D eigenvalue weighted by Crippen LogP contribution is -2.40. The molecule has 2 fully saturated rings. The van der Waals surface area contributed by atoms with Crippen molar-refractivity contribution >= 4 is 17.7 Å². The molecule has 3 amide bonds. The Morgan fingerprint density at radius 1 is 0.897 bits per heavy atom. The van der Waals surface area contributed by atoms with Gasteiger partial charge in [0.05, 0.1) is 11.8 Å². The molecule has 2 atom stereocenters. The van der Waals surface area contributed by atoms with Crippen LogP contribution in [0.15, 0.2) is 36.4 Å². The topological polar surface area (TPSA) is 69.7 Å². The molecule has 3 aliphatic rings. The molecule has 6 nitrogen and oxygen atoms in total. The average Bonchev–Trinajstić information content (AvgIpc) is 2.99. The molecule has 2 heterocycles. The summed E-state index contributed by atoms with van der Waals surface area (Å²) in [6, 6.07) is 8.29. The molecule has 2 saturated heterocycles. The van der Waals surface area contributed by atoms with Crippen LogP contribution in [-0.2, 0) is 27.5 Å². The summed E-state index contributed by atoms with van der Waals surface area (Å²) in [6.45, 7) is 3.53. The van der Waals surface area contributed by atoms with E-state index in [1.165, 1.54) is 37.9 Å². The van der Waals surface area contributed by atoms with Crippen molar-refractivity contribution in [3.05, 3.63) is 47.5 Å². The van der Waals surface area contributed by atoms with Crippen LogP contribution in [0.3, 0.4) is 0 Å². The fourth-order valence-electron chi connectivity index (χ4n) is 4.56. The fraction of sp³-hybridized carbons (Fsp3) is 0.522. The van der Waals surface area contributed by atoms with Gasteiger partial charge in [-0.25, -0.2) is 0 Å². The van der Waals surface area contributed by atoms with Gasteiger partial charge in [0.2, 0.25) is 17.7 Å². The first-order valence-corrected chi connectivity index (χ1v) is 10.7. The van der Waals surface area contributed by atoms with Gasteiger partial charge in [-0.15, -0.1) is 0 Å². The summed E-state index contributed by atoms with van der Waals surface area (Å²) in [4.78, 5) is 40.8. The SMILES string of the molecule is O=C(CN1C(=O)[C@H]2CC=CC[C@@H]2C1=O)NCc1ccc(CN2CCCCC2)cc1. The molecule has 1 aromatic carbocycles. The van der Waals surface area contributed by atoms with Crippen LogP contribution in [0.1, 0.15) is 43.2 Å². The molecule has 6 heteroatoms. The van der Waals surface area contributed by atoms with Crippen LogP contribution in [0, 0.1) is 11.8 Å². The number of benzene rings is 1. The molecule has 0 aromatic heterocycles. The number of fused-ring (bicyclic) bond motifs is 1. The van der Waals surface area contributed by atoms with E-state index >= 15 is 0 Å². The van der Waals surface area contributed by atoms with E-state index in [1.807, 2.05) is 24.3 Å². The van der Waals surface area contributed by atoms with E-state index in [1.54, 1.807) is 0 Å². The molecule has 1 N–H and O–H groups in total. The smallest absolute Gasteiger partial charge is 0.240 e. The third-order valence-electron chi connectivity index (χ3n) is 6.27. The zero-order valence-corrected chi connectivity index (χ0v) is 16.8. The van der Waals surface area contributed by atoms with E-state index in [4.69, 9.17) is 0 Å². The van der Waals surface area contributed by atoms with Gasteiger partial charge in [-0.1, -0.05) is 42.8 Å². The number of likely N-dealkylation sites (tertiary alicyclic amines) is 2. The summed E-state index contributed by atoms with van der Waals surface area (Å²) in [5, 5.41) is 2.84. The van der Waals surface area contributed by atoms with E-state index in [9.17, 15) is 14.4 Å². The van der Waals surface area contributed by atoms with Gasteiger partial charge in [0, 0.05) is 13.1 Å². The van der Waals surface area contributed by atoms with Crippen molar-refractivity contribution in [3.63, 3.8) is 0 Å². The summed E-state index contributed by atoms with van der Waals surface area (Å²) in [7, 11) is 0. The van der Waals surface area contributed by atoms with Crippen molar-refractivity contribution in [2.24, 2.45) is 11.8 Å². The summed E-state index contributed by atoms with van der Waals surface area (Å²) in [5.74, 6) is -1.28. The maximum Gasteiger partial charge on any atom is 0.240 e. The molecule has 0 bridgehead atoms. The molecule has 154 valence electrons. The Hall–Kier alpha value is -2.47. The number of imide groups is 1. The van der Waals surface area contributed by atoms with Crippen molar-refractivity contribution in [1.82, 2.24) is 15.1 Å². The third-order valence-corrected chi connectivity index (χ3v) is 6.27. The minimum Gasteiger partial charge on any atom is -0.350 e. The van der Waals surface area contributed by atoms with Crippen LogP contribution in [-0.4, -0.2) is 47.2 Å². The highest BCUT2D eigenvalue weighted by atomic mass is 16.2. The summed E-state index contributed by atoms with van der Waals surface area (Å²) >= 11 is 0. The first kappa shape index (κ1) is 19.8. The van der Waals surface area contributed by atoms with Crippen LogP contribution in [0.25, 0.3) is 0 Å². The Morgan fingerprint density at radius 2 is 1.48 bits per heavy atom. The van der Waals surface area contributed by atoms with Gasteiger partial charge in [-0.3, -0.25) is 24.2 Å². The normalized spacial score (nSPS) is 24.6. The highest BCUT2D eigenvalue weighted by Crippen LogP contribution is 2.34. The van der Waals surface area contributed by atoms with Crippen molar-refractivity contribution in [1.29, 1.82) is 0 Å². The van der Waals surface area contributed by atoms with Crippen LogP contribution in [0.4, 0.5) is 0 Å². The van der Waals surface area contributed by atoms with E-state index in [-0.39, 0.29) is 36.1 Å². The molecule has 29 heavy (non-hydrogen) atoms. The van der Waals surface area contributed by atoms with Gasteiger partial charge in [-0.2, -0.15) is 0 Å². The lowest BCUT2D eigenvalue weighted by atomic mass is 9.85. The highest BCUT2D eigenvalue weighted by Gasteiger charge is 2.47. The van der Waals surface area contributed by atoms with Crippen LogP contribution in [0.5, 0.6) is 0 Å². The third kappa shape index (κ3) is 4.58. The second-order valence-electron chi connectivity index (χ2n) is 8.35. The molecule has 1 aromatic rings. The van der Waals surface area contributed by atoms with Gasteiger partial charge in [0.1, 0.15) is 6.54 Å². The number of rotatable bonds is 6. The Morgan fingerprint density at radius 3 is 2.10 bits per heavy atom. The van der Waals surface area contributed by atoms with Gasteiger partial charge < -0.3 is 5.32 Å². The van der Waals surface area contributed by atoms with Crippen LogP contribution >= 0.6 is 0 Å². The maximum atomic E-state index is 12.4. The maximum absolute atomic E-state index is 12.4. The number of piperidine rings is 1. The Kier molecular flexibility index (Phi) is 6.09. The van der Waals surface area contributed by atoms with Crippen molar-refractivity contribution in [2.75, 3.05) is 19.6 Å². The van der Waals surface area contributed by atoms with Gasteiger partial charge in [0.25, 0.3) is 0 Å². The number of nitrogens with one attached hydrogen (secondary N) is 1. The van der Waals surface area contributed by atoms with E-state index in [0.29, 0.717) is 19.4 Å². The number of carbonyl (C=O) groups excluding carboxylic acids is 3. The predicted octanol–water partition coefficient (Wildman–Crippen LogP) is 2.24. The first-order valence-electron chi connectivity index (χ1n) is 10.7. The number of allylic oxidation sites excluding steroid dienone is 2.